The van der Waals surface area contributed by atoms with Crippen LogP contribution >= 0.6 is 0 Å². The lowest BCUT2D eigenvalue weighted by Crippen LogP contribution is -2.55. The molecule has 6 nitrogen and oxygen atoms in total. The smallest absolute Gasteiger partial charge is 0.250 e. The summed E-state index contributed by atoms with van der Waals surface area (Å²) in [6.45, 7) is 2.20. The molecule has 6 heteroatoms. The van der Waals surface area contributed by atoms with Crippen LogP contribution < -0.4 is 10.6 Å². The van der Waals surface area contributed by atoms with Crippen LogP contribution in [0.5, 0.6) is 0 Å². The van der Waals surface area contributed by atoms with Gasteiger partial charge in [-0.15, -0.1) is 0 Å². The fraction of sp³-hybridized carbons (Fsp3) is 0.636. The fourth-order valence-corrected chi connectivity index (χ4v) is 6.13. The average Bonchev–Trinajstić information content (AvgIpc) is 3.32. The van der Waals surface area contributed by atoms with Crippen molar-refractivity contribution >= 4 is 17.5 Å². The van der Waals surface area contributed by atoms with Gasteiger partial charge in [0.25, 0.3) is 0 Å². The first kappa shape index (κ1) is 18.1. The van der Waals surface area contributed by atoms with Crippen molar-refractivity contribution in [3.63, 3.8) is 0 Å². The number of benzene rings is 1. The number of rotatable bonds is 5. The summed E-state index contributed by atoms with van der Waals surface area (Å²) in [7, 11) is 1.72. The van der Waals surface area contributed by atoms with E-state index in [0.29, 0.717) is 19.2 Å². The Morgan fingerprint density at radius 3 is 2.89 bits per heavy atom. The van der Waals surface area contributed by atoms with Gasteiger partial charge in [0, 0.05) is 36.4 Å². The molecular formula is C22H29N3O3. The van der Waals surface area contributed by atoms with Crippen molar-refractivity contribution in [2.24, 2.45) is 11.3 Å². The van der Waals surface area contributed by atoms with Crippen molar-refractivity contribution in [2.45, 2.75) is 50.1 Å². The van der Waals surface area contributed by atoms with Crippen LogP contribution in [0.3, 0.4) is 0 Å². The van der Waals surface area contributed by atoms with Crippen molar-refractivity contribution in [3.8, 4) is 0 Å². The van der Waals surface area contributed by atoms with Gasteiger partial charge >= 0.3 is 0 Å². The monoisotopic (exact) mass is 383 g/mol. The summed E-state index contributed by atoms with van der Waals surface area (Å²) < 4.78 is 5.40. The molecular weight excluding hydrogens is 354 g/mol. The standard InChI is InChI=1S/C22H29N3O3/c1-28-14-21(9-5-10-21)13-23-19(26)17-12-15-6-4-11-25(15)22(17)16-7-2-3-8-18(16)24-20(22)27/h2-3,7-8,15,17H,4-6,9-14H2,1H3,(H,23,26)(H,24,27)/t15-,17-,22+/m1/s1. The van der Waals surface area contributed by atoms with E-state index in [-0.39, 0.29) is 23.1 Å². The van der Waals surface area contributed by atoms with Crippen molar-refractivity contribution in [2.75, 3.05) is 32.1 Å². The first-order valence-electron chi connectivity index (χ1n) is 10.6. The molecule has 3 aliphatic heterocycles. The lowest BCUT2D eigenvalue weighted by Gasteiger charge is -2.42. The molecule has 1 aromatic carbocycles. The second-order valence-corrected chi connectivity index (χ2v) is 9.05. The number of hydrogen-bond acceptors (Lipinski definition) is 4. The minimum absolute atomic E-state index is 0.0173. The normalized spacial score (nSPS) is 32.7. The Hall–Kier alpha value is -1.92. The molecule has 1 spiro atoms. The highest BCUT2D eigenvalue weighted by molar-refractivity contribution is 6.09. The molecule has 2 amide bonds. The molecule has 0 bridgehead atoms. The lowest BCUT2D eigenvalue weighted by atomic mass is 9.69. The van der Waals surface area contributed by atoms with E-state index < -0.39 is 5.54 Å². The number of hydrogen-bond donors (Lipinski definition) is 2. The third-order valence-corrected chi connectivity index (χ3v) is 7.59. The van der Waals surface area contributed by atoms with E-state index in [1.165, 1.54) is 6.42 Å². The van der Waals surface area contributed by atoms with Gasteiger partial charge < -0.3 is 15.4 Å². The molecule has 1 saturated carbocycles. The number of para-hydroxylation sites is 1. The zero-order chi connectivity index (χ0) is 19.4. The van der Waals surface area contributed by atoms with E-state index in [1.54, 1.807) is 7.11 Å². The Bertz CT molecular complexity index is 806. The van der Waals surface area contributed by atoms with Crippen LogP contribution in [0.1, 0.15) is 44.1 Å². The van der Waals surface area contributed by atoms with Crippen molar-refractivity contribution in [1.29, 1.82) is 0 Å². The van der Waals surface area contributed by atoms with Crippen LogP contribution in [-0.4, -0.2) is 49.6 Å². The number of nitrogens with one attached hydrogen (secondary N) is 2. The molecule has 3 fully saturated rings. The van der Waals surface area contributed by atoms with Gasteiger partial charge in [0.05, 0.1) is 12.5 Å². The largest absolute Gasteiger partial charge is 0.384 e. The Balaban J connectivity index is 1.45. The van der Waals surface area contributed by atoms with Crippen molar-refractivity contribution in [1.82, 2.24) is 10.2 Å². The summed E-state index contributed by atoms with van der Waals surface area (Å²) in [5.41, 5.74) is 1.05. The maximum atomic E-state index is 13.4. The van der Waals surface area contributed by atoms with Crippen LogP contribution in [0.15, 0.2) is 24.3 Å². The molecule has 0 radical (unpaired) electrons. The van der Waals surface area contributed by atoms with E-state index >= 15 is 0 Å². The minimum atomic E-state index is -0.851. The number of fused-ring (bicyclic) bond motifs is 4. The average molecular weight is 383 g/mol. The Morgan fingerprint density at radius 2 is 2.14 bits per heavy atom. The van der Waals surface area contributed by atoms with E-state index in [9.17, 15) is 9.59 Å². The Morgan fingerprint density at radius 1 is 1.32 bits per heavy atom. The van der Waals surface area contributed by atoms with Gasteiger partial charge in [0.15, 0.2) is 0 Å². The van der Waals surface area contributed by atoms with Gasteiger partial charge in [-0.3, -0.25) is 14.5 Å². The van der Waals surface area contributed by atoms with Crippen LogP contribution in [0.2, 0.25) is 0 Å². The molecule has 5 rings (SSSR count). The fourth-order valence-electron chi connectivity index (χ4n) is 6.13. The van der Waals surface area contributed by atoms with Gasteiger partial charge in [-0.05, 0) is 44.7 Å². The number of carbonyl (C=O) groups excluding carboxylic acids is 2. The molecule has 3 heterocycles. The van der Waals surface area contributed by atoms with E-state index in [2.05, 4.69) is 15.5 Å². The van der Waals surface area contributed by atoms with Crippen LogP contribution in [0, 0.1) is 11.3 Å². The van der Waals surface area contributed by atoms with Crippen LogP contribution in [0.4, 0.5) is 5.69 Å². The van der Waals surface area contributed by atoms with E-state index in [0.717, 1.165) is 49.9 Å². The highest BCUT2D eigenvalue weighted by Gasteiger charge is 2.65. The van der Waals surface area contributed by atoms with Gasteiger partial charge in [0.2, 0.25) is 11.8 Å². The summed E-state index contributed by atoms with van der Waals surface area (Å²) in [6, 6.07) is 8.19. The molecule has 2 saturated heterocycles. The van der Waals surface area contributed by atoms with E-state index in [4.69, 9.17) is 4.74 Å². The molecule has 2 N–H and O–H groups in total. The highest BCUT2D eigenvalue weighted by Crippen LogP contribution is 2.55. The summed E-state index contributed by atoms with van der Waals surface area (Å²) in [5, 5.41) is 6.28. The van der Waals surface area contributed by atoms with Gasteiger partial charge in [-0.2, -0.15) is 0 Å². The molecule has 0 aromatic heterocycles. The summed E-state index contributed by atoms with van der Waals surface area (Å²) in [5.74, 6) is -0.363. The molecule has 4 aliphatic rings. The first-order valence-corrected chi connectivity index (χ1v) is 10.6. The van der Waals surface area contributed by atoms with E-state index in [1.807, 2.05) is 24.3 Å². The third-order valence-electron chi connectivity index (χ3n) is 7.59. The second-order valence-electron chi connectivity index (χ2n) is 9.05. The predicted octanol–water partition coefficient (Wildman–Crippen LogP) is 2.25. The van der Waals surface area contributed by atoms with Gasteiger partial charge in [0.1, 0.15) is 5.54 Å². The number of ether oxygens (including phenoxy) is 1. The quantitative estimate of drug-likeness (QED) is 0.818. The summed E-state index contributed by atoms with van der Waals surface area (Å²) in [4.78, 5) is 29.1. The maximum Gasteiger partial charge on any atom is 0.250 e. The lowest BCUT2D eigenvalue weighted by molar-refractivity contribution is -0.138. The Kier molecular flexibility index (Phi) is 4.25. The molecule has 0 unspecified atom stereocenters. The number of methoxy groups -OCH3 is 1. The molecule has 1 aliphatic carbocycles. The molecule has 150 valence electrons. The van der Waals surface area contributed by atoms with Crippen LogP contribution in [0.25, 0.3) is 0 Å². The zero-order valence-corrected chi connectivity index (χ0v) is 16.5. The molecule has 3 atom stereocenters. The number of nitrogens with zero attached hydrogens (tertiary/aromatic N) is 1. The first-order chi connectivity index (χ1) is 13.6. The Labute approximate surface area is 166 Å². The zero-order valence-electron chi connectivity index (χ0n) is 16.5. The topological polar surface area (TPSA) is 70.7 Å². The summed E-state index contributed by atoms with van der Waals surface area (Å²) in [6.07, 6.45) is 6.29. The number of carbonyl (C=O) groups is 2. The summed E-state index contributed by atoms with van der Waals surface area (Å²) >= 11 is 0. The number of anilines is 1. The molecule has 28 heavy (non-hydrogen) atoms. The van der Waals surface area contributed by atoms with Gasteiger partial charge in [-0.25, -0.2) is 0 Å². The van der Waals surface area contributed by atoms with Gasteiger partial charge in [-0.1, -0.05) is 24.6 Å². The predicted molar refractivity (Wildman–Crippen MR) is 106 cm³/mol. The SMILES string of the molecule is COCC1(CNC(=O)[C@H]2C[C@H]3CCCN3[C@]23C(=O)Nc2ccccc23)CCC1. The third kappa shape index (κ3) is 2.40. The number of amides is 2. The van der Waals surface area contributed by atoms with Crippen molar-refractivity contribution < 1.29 is 14.3 Å². The molecule has 1 aromatic rings. The maximum absolute atomic E-state index is 13.4. The van der Waals surface area contributed by atoms with Crippen molar-refractivity contribution in [3.05, 3.63) is 29.8 Å². The van der Waals surface area contributed by atoms with Crippen LogP contribution in [-0.2, 0) is 19.9 Å². The second kappa shape index (κ2) is 6.56. The highest BCUT2D eigenvalue weighted by atomic mass is 16.5. The minimum Gasteiger partial charge on any atom is -0.384 e.